The van der Waals surface area contributed by atoms with E-state index in [1.165, 1.54) is 4.57 Å². The van der Waals surface area contributed by atoms with E-state index in [4.69, 9.17) is 16.3 Å². The molecule has 3 aromatic rings. The molecular formula is C19H16ClNO4. The molecule has 6 heteroatoms. The average Bonchev–Trinajstić information content (AvgIpc) is 2.59. The summed E-state index contributed by atoms with van der Waals surface area (Å²) in [5.41, 5.74) is 0.311. The van der Waals surface area contributed by atoms with Crippen LogP contribution >= 0.6 is 11.6 Å². The van der Waals surface area contributed by atoms with Gasteiger partial charge in [-0.2, -0.15) is 0 Å². The minimum Gasteiger partial charge on any atom is -0.506 e. The molecule has 0 spiro atoms. The number of esters is 1. The van der Waals surface area contributed by atoms with Crippen LogP contribution in [0.25, 0.3) is 10.9 Å². The Morgan fingerprint density at radius 3 is 2.56 bits per heavy atom. The maximum absolute atomic E-state index is 12.9. The van der Waals surface area contributed by atoms with E-state index < -0.39 is 22.8 Å². The third-order valence-corrected chi connectivity index (χ3v) is 4.19. The van der Waals surface area contributed by atoms with Crippen LogP contribution in [0.4, 0.5) is 0 Å². The van der Waals surface area contributed by atoms with Gasteiger partial charge in [-0.05, 0) is 24.6 Å². The minimum atomic E-state index is -0.867. The number of halogens is 1. The van der Waals surface area contributed by atoms with Crippen molar-refractivity contribution in [2.24, 2.45) is 0 Å². The van der Waals surface area contributed by atoms with Gasteiger partial charge in [-0.1, -0.05) is 48.0 Å². The molecule has 0 aliphatic heterocycles. The SMILES string of the molecule is CCOC(=O)c1c(O)c2c(Cl)cccc2n(Cc2ccccc2)c1=O. The van der Waals surface area contributed by atoms with E-state index in [-0.39, 0.29) is 23.6 Å². The molecule has 3 rings (SSSR count). The molecule has 0 aliphatic carbocycles. The van der Waals surface area contributed by atoms with Gasteiger partial charge < -0.3 is 14.4 Å². The fourth-order valence-electron chi connectivity index (χ4n) is 2.75. The van der Waals surface area contributed by atoms with Crippen molar-refractivity contribution in [2.45, 2.75) is 13.5 Å². The number of pyridine rings is 1. The topological polar surface area (TPSA) is 68.5 Å². The van der Waals surface area contributed by atoms with E-state index in [0.717, 1.165) is 5.56 Å². The molecule has 0 saturated heterocycles. The van der Waals surface area contributed by atoms with Crippen molar-refractivity contribution < 1.29 is 14.6 Å². The number of carbonyl (C=O) groups excluding carboxylic acids is 1. The largest absolute Gasteiger partial charge is 0.506 e. The van der Waals surface area contributed by atoms with Gasteiger partial charge in [-0.25, -0.2) is 4.79 Å². The summed E-state index contributed by atoms with van der Waals surface area (Å²) in [7, 11) is 0. The first-order chi connectivity index (χ1) is 12.0. The van der Waals surface area contributed by atoms with Crippen LogP contribution in [0.3, 0.4) is 0 Å². The summed E-state index contributed by atoms with van der Waals surface area (Å²) in [5, 5.41) is 11.0. The molecule has 25 heavy (non-hydrogen) atoms. The van der Waals surface area contributed by atoms with Gasteiger partial charge in [0.15, 0.2) is 5.56 Å². The van der Waals surface area contributed by atoms with Crippen LogP contribution in [0, 0.1) is 0 Å². The number of carbonyl (C=O) groups is 1. The van der Waals surface area contributed by atoms with Gasteiger partial charge in [0.05, 0.1) is 29.1 Å². The summed E-state index contributed by atoms with van der Waals surface area (Å²) in [6, 6.07) is 14.3. The zero-order chi connectivity index (χ0) is 18.0. The monoisotopic (exact) mass is 357 g/mol. The summed E-state index contributed by atoms with van der Waals surface area (Å²) >= 11 is 6.22. The lowest BCUT2D eigenvalue weighted by Crippen LogP contribution is -2.28. The first-order valence-electron chi connectivity index (χ1n) is 7.79. The molecule has 1 heterocycles. The van der Waals surface area contributed by atoms with Crippen LogP contribution in [0.5, 0.6) is 5.75 Å². The normalized spacial score (nSPS) is 10.8. The minimum absolute atomic E-state index is 0.0942. The lowest BCUT2D eigenvalue weighted by atomic mass is 10.1. The van der Waals surface area contributed by atoms with Crippen molar-refractivity contribution in [1.82, 2.24) is 4.57 Å². The summed E-state index contributed by atoms with van der Waals surface area (Å²) in [5.74, 6) is -1.32. The Hall–Kier alpha value is -2.79. The Labute approximate surface area is 149 Å². The molecule has 0 fully saturated rings. The van der Waals surface area contributed by atoms with E-state index in [2.05, 4.69) is 0 Å². The van der Waals surface area contributed by atoms with E-state index >= 15 is 0 Å². The molecule has 0 bridgehead atoms. The summed E-state index contributed by atoms with van der Waals surface area (Å²) < 4.78 is 6.35. The molecule has 0 aliphatic rings. The molecule has 1 aromatic heterocycles. The van der Waals surface area contributed by atoms with Crippen molar-refractivity contribution in [2.75, 3.05) is 6.61 Å². The lowest BCUT2D eigenvalue weighted by molar-refractivity contribution is 0.0520. The molecule has 0 radical (unpaired) electrons. The number of nitrogens with zero attached hydrogens (tertiary/aromatic N) is 1. The molecular weight excluding hydrogens is 342 g/mol. The fraction of sp³-hybridized carbons (Fsp3) is 0.158. The van der Waals surface area contributed by atoms with Crippen molar-refractivity contribution in [3.05, 3.63) is 75.0 Å². The fourth-order valence-corrected chi connectivity index (χ4v) is 3.01. The molecule has 2 aromatic carbocycles. The van der Waals surface area contributed by atoms with Crippen molar-refractivity contribution in [3.8, 4) is 5.75 Å². The van der Waals surface area contributed by atoms with Crippen LogP contribution < -0.4 is 5.56 Å². The number of ether oxygens (including phenoxy) is 1. The van der Waals surface area contributed by atoms with Gasteiger partial charge in [0, 0.05) is 0 Å². The van der Waals surface area contributed by atoms with Crippen LogP contribution in [-0.4, -0.2) is 22.2 Å². The van der Waals surface area contributed by atoms with Crippen molar-refractivity contribution in [1.29, 1.82) is 0 Å². The smallest absolute Gasteiger partial charge is 0.347 e. The quantitative estimate of drug-likeness (QED) is 0.724. The Morgan fingerprint density at radius 1 is 1.16 bits per heavy atom. The second kappa shape index (κ2) is 6.99. The number of aromatic nitrogens is 1. The first kappa shape index (κ1) is 17.0. The first-order valence-corrected chi connectivity index (χ1v) is 8.17. The molecule has 0 atom stereocenters. The molecule has 0 saturated carbocycles. The highest BCUT2D eigenvalue weighted by molar-refractivity contribution is 6.36. The number of hydrogen-bond acceptors (Lipinski definition) is 4. The van der Waals surface area contributed by atoms with Gasteiger partial charge in [-0.15, -0.1) is 0 Å². The Kier molecular flexibility index (Phi) is 4.76. The number of benzene rings is 2. The third-order valence-electron chi connectivity index (χ3n) is 3.88. The van der Waals surface area contributed by atoms with Gasteiger partial charge in [-0.3, -0.25) is 4.79 Å². The third kappa shape index (κ3) is 3.10. The zero-order valence-electron chi connectivity index (χ0n) is 13.5. The van der Waals surface area contributed by atoms with Crippen molar-refractivity contribution in [3.63, 3.8) is 0 Å². The van der Waals surface area contributed by atoms with Crippen LogP contribution in [0.1, 0.15) is 22.8 Å². The predicted octanol–water partition coefficient (Wildman–Crippen LogP) is 3.59. The highest BCUT2D eigenvalue weighted by Gasteiger charge is 2.24. The van der Waals surface area contributed by atoms with Crippen LogP contribution in [0.2, 0.25) is 5.02 Å². The van der Waals surface area contributed by atoms with E-state index in [1.807, 2.05) is 30.3 Å². The Morgan fingerprint density at radius 2 is 1.88 bits per heavy atom. The van der Waals surface area contributed by atoms with E-state index in [0.29, 0.717) is 5.52 Å². The maximum Gasteiger partial charge on any atom is 0.347 e. The molecule has 128 valence electrons. The molecule has 5 nitrogen and oxygen atoms in total. The number of rotatable bonds is 4. The number of aromatic hydroxyl groups is 1. The average molecular weight is 358 g/mol. The predicted molar refractivity (Wildman–Crippen MR) is 96.4 cm³/mol. The molecule has 0 unspecified atom stereocenters. The second-order valence-corrected chi connectivity index (χ2v) is 5.86. The molecule has 0 amide bonds. The van der Waals surface area contributed by atoms with E-state index in [9.17, 15) is 14.7 Å². The van der Waals surface area contributed by atoms with Gasteiger partial charge >= 0.3 is 5.97 Å². The van der Waals surface area contributed by atoms with Gasteiger partial charge in [0.25, 0.3) is 5.56 Å². The lowest BCUT2D eigenvalue weighted by Gasteiger charge is -2.15. The second-order valence-electron chi connectivity index (χ2n) is 5.45. The number of fused-ring (bicyclic) bond motifs is 1. The maximum atomic E-state index is 12.9. The van der Waals surface area contributed by atoms with Crippen molar-refractivity contribution >= 4 is 28.5 Å². The highest BCUT2D eigenvalue weighted by Crippen LogP contribution is 2.33. The zero-order valence-corrected chi connectivity index (χ0v) is 14.3. The van der Waals surface area contributed by atoms with Gasteiger partial charge in [0.1, 0.15) is 5.75 Å². The van der Waals surface area contributed by atoms with E-state index in [1.54, 1.807) is 25.1 Å². The summed E-state index contributed by atoms with van der Waals surface area (Å²) in [4.78, 5) is 25.1. The molecule has 1 N–H and O–H groups in total. The highest BCUT2D eigenvalue weighted by atomic mass is 35.5. The summed E-state index contributed by atoms with van der Waals surface area (Å²) in [6.07, 6.45) is 0. The van der Waals surface area contributed by atoms with Gasteiger partial charge in [0.2, 0.25) is 0 Å². The van der Waals surface area contributed by atoms with Crippen LogP contribution in [0.15, 0.2) is 53.3 Å². The Bertz CT molecular complexity index is 996. The van der Waals surface area contributed by atoms with Crippen LogP contribution in [-0.2, 0) is 11.3 Å². The number of hydrogen-bond donors (Lipinski definition) is 1. The standard InChI is InChI=1S/C19H16ClNO4/c1-2-25-19(24)16-17(22)15-13(20)9-6-10-14(15)21(18(16)23)11-12-7-4-3-5-8-12/h3-10,22H,2,11H2,1H3. The summed E-state index contributed by atoms with van der Waals surface area (Å²) in [6.45, 7) is 1.96. The Balaban J connectivity index is 2.33.